The second-order valence-electron chi connectivity index (χ2n) is 6.90. The molecule has 13 N–H and O–H groups in total. The summed E-state index contributed by atoms with van der Waals surface area (Å²) < 4.78 is 40.9. The SMILES string of the molecule is CC(N)CNS(=O)c1ccc(-c2cccc3[nH]c(N)nc23)c(/C(N)=N/NN)c1S(N)(=O)=O. The lowest BCUT2D eigenvalue weighted by atomic mass is 9.97. The minimum absolute atomic E-state index is 0.0898. The summed E-state index contributed by atoms with van der Waals surface area (Å²) >= 11 is 0. The summed E-state index contributed by atoms with van der Waals surface area (Å²) in [6.07, 6.45) is 0. The average molecular weight is 481 g/mol. The molecule has 0 saturated carbocycles. The van der Waals surface area contributed by atoms with Crippen molar-refractivity contribution in [3.63, 3.8) is 0 Å². The number of fused-ring (bicyclic) bond motifs is 1. The molecule has 0 aliphatic heterocycles. The van der Waals surface area contributed by atoms with E-state index in [4.69, 9.17) is 28.2 Å². The first-order valence-corrected chi connectivity index (χ1v) is 11.9. The Labute approximate surface area is 186 Å². The molecule has 13 nitrogen and oxygen atoms in total. The monoisotopic (exact) mass is 480 g/mol. The molecular formula is C17H24N10O3S2. The Hall–Kier alpha value is -3.08. The maximum atomic E-state index is 12.9. The molecule has 3 rings (SSSR count). The summed E-state index contributed by atoms with van der Waals surface area (Å²) in [6, 6.07) is 7.77. The van der Waals surface area contributed by atoms with Crippen LogP contribution in [-0.2, 0) is 21.0 Å². The molecule has 15 heteroatoms. The number of benzene rings is 2. The molecule has 1 aromatic heterocycles. The molecule has 1 heterocycles. The number of hydrogen-bond donors (Lipinski definition) is 8. The zero-order valence-electron chi connectivity index (χ0n) is 17.0. The number of nitrogens with one attached hydrogen (secondary N) is 3. The second-order valence-corrected chi connectivity index (χ2v) is 9.67. The summed E-state index contributed by atoms with van der Waals surface area (Å²) in [5, 5.41) is 9.26. The number of aromatic amines is 1. The van der Waals surface area contributed by atoms with Gasteiger partial charge in [0.1, 0.15) is 15.9 Å². The average Bonchev–Trinajstić information content (AvgIpc) is 3.10. The Morgan fingerprint density at radius 2 is 2.00 bits per heavy atom. The molecule has 0 fully saturated rings. The number of nitrogens with zero attached hydrogens (tertiary/aromatic N) is 2. The molecule has 0 aliphatic carbocycles. The molecule has 172 valence electrons. The first kappa shape index (κ1) is 23.6. The van der Waals surface area contributed by atoms with Crippen molar-refractivity contribution in [3.8, 4) is 11.1 Å². The lowest BCUT2D eigenvalue weighted by Gasteiger charge is -2.18. The molecule has 3 aromatic rings. The van der Waals surface area contributed by atoms with Gasteiger partial charge in [0.25, 0.3) is 0 Å². The number of nitrogen functional groups attached to an aromatic ring is 1. The first-order chi connectivity index (χ1) is 15.0. The van der Waals surface area contributed by atoms with Gasteiger partial charge in [-0.1, -0.05) is 18.2 Å². The number of nitrogens with two attached hydrogens (primary N) is 5. The highest BCUT2D eigenvalue weighted by Crippen LogP contribution is 2.35. The number of hydrazine groups is 1. The highest BCUT2D eigenvalue weighted by Gasteiger charge is 2.29. The minimum Gasteiger partial charge on any atom is -0.382 e. The van der Waals surface area contributed by atoms with Crippen molar-refractivity contribution in [1.82, 2.24) is 20.2 Å². The molecule has 2 aromatic carbocycles. The van der Waals surface area contributed by atoms with Crippen LogP contribution in [0.4, 0.5) is 5.95 Å². The molecular weight excluding hydrogens is 456 g/mol. The molecule has 32 heavy (non-hydrogen) atoms. The van der Waals surface area contributed by atoms with E-state index in [1.807, 2.05) is 5.53 Å². The predicted molar refractivity (Wildman–Crippen MR) is 123 cm³/mol. The van der Waals surface area contributed by atoms with Crippen molar-refractivity contribution in [2.24, 2.45) is 27.6 Å². The van der Waals surface area contributed by atoms with Crippen molar-refractivity contribution >= 4 is 43.8 Å². The normalized spacial score (nSPS) is 14.4. The van der Waals surface area contributed by atoms with E-state index in [1.165, 1.54) is 6.07 Å². The van der Waals surface area contributed by atoms with Gasteiger partial charge in [0.2, 0.25) is 10.0 Å². The molecule has 0 amide bonds. The maximum Gasteiger partial charge on any atom is 0.240 e. The topological polar surface area (TPSA) is 246 Å². The zero-order valence-corrected chi connectivity index (χ0v) is 18.6. The van der Waals surface area contributed by atoms with Crippen LogP contribution in [0.3, 0.4) is 0 Å². The molecule has 0 saturated heterocycles. The van der Waals surface area contributed by atoms with Crippen molar-refractivity contribution in [2.45, 2.75) is 22.8 Å². The van der Waals surface area contributed by atoms with Gasteiger partial charge in [-0.25, -0.2) is 38.8 Å². The van der Waals surface area contributed by atoms with Gasteiger partial charge in [-0.2, -0.15) is 0 Å². The van der Waals surface area contributed by atoms with E-state index in [-0.39, 0.29) is 34.8 Å². The van der Waals surface area contributed by atoms with E-state index in [1.54, 1.807) is 31.2 Å². The van der Waals surface area contributed by atoms with Gasteiger partial charge >= 0.3 is 0 Å². The number of primary sulfonamides is 1. The predicted octanol–water partition coefficient (Wildman–Crippen LogP) is -1.50. The van der Waals surface area contributed by atoms with Crippen LogP contribution in [0.1, 0.15) is 12.5 Å². The van der Waals surface area contributed by atoms with E-state index in [9.17, 15) is 12.6 Å². The van der Waals surface area contributed by atoms with Crippen molar-refractivity contribution < 1.29 is 12.6 Å². The number of amidine groups is 1. The number of aromatic nitrogens is 2. The fourth-order valence-electron chi connectivity index (χ4n) is 3.15. The van der Waals surface area contributed by atoms with Crippen LogP contribution in [0, 0.1) is 0 Å². The standard InChI is InChI=1S/C17H24N10O3S2/c1-8(18)7-23-31(28)12-6-5-9(10-3-2-4-11-14(10)25-17(20)24-11)13(16(19)26-27-21)15(12)32(22,29)30/h2-6,8,23,27H,7,18,21H2,1H3,(H2,19,26)(H3,20,24,25)(H2,22,29,30). The van der Waals surface area contributed by atoms with Crippen LogP contribution < -0.4 is 38.4 Å². The van der Waals surface area contributed by atoms with Crippen LogP contribution in [0.25, 0.3) is 22.2 Å². The molecule has 0 bridgehead atoms. The zero-order chi connectivity index (χ0) is 23.6. The number of para-hydroxylation sites is 1. The fourth-order valence-corrected chi connectivity index (χ4v) is 5.60. The van der Waals surface area contributed by atoms with Gasteiger partial charge in [-0.05, 0) is 24.6 Å². The van der Waals surface area contributed by atoms with E-state index in [2.05, 4.69) is 19.8 Å². The van der Waals surface area contributed by atoms with Crippen LogP contribution in [0.5, 0.6) is 0 Å². The van der Waals surface area contributed by atoms with Gasteiger partial charge in [0, 0.05) is 23.7 Å². The molecule has 0 aliphatic rings. The van der Waals surface area contributed by atoms with Gasteiger partial charge in [-0.3, -0.25) is 0 Å². The number of imidazole rings is 1. The third-order valence-electron chi connectivity index (χ3n) is 4.40. The number of hydrazone groups is 1. The van der Waals surface area contributed by atoms with E-state index in [0.717, 1.165) is 0 Å². The van der Waals surface area contributed by atoms with Crippen molar-refractivity contribution in [1.29, 1.82) is 0 Å². The second kappa shape index (κ2) is 9.19. The number of hydrogen-bond acceptors (Lipinski definition) is 9. The third-order valence-corrected chi connectivity index (χ3v) is 6.70. The van der Waals surface area contributed by atoms with Gasteiger partial charge in [0.05, 0.1) is 15.9 Å². The van der Waals surface area contributed by atoms with Gasteiger partial charge in [0.15, 0.2) is 11.8 Å². The van der Waals surface area contributed by atoms with Crippen molar-refractivity contribution in [3.05, 3.63) is 35.9 Å². The Balaban J connectivity index is 2.39. The summed E-state index contributed by atoms with van der Waals surface area (Å²) in [6.45, 7) is 1.86. The van der Waals surface area contributed by atoms with Crippen LogP contribution in [-0.4, -0.2) is 41.0 Å². The van der Waals surface area contributed by atoms with E-state index in [0.29, 0.717) is 22.2 Å². The summed E-state index contributed by atoms with van der Waals surface area (Å²) in [7, 11) is -6.41. The summed E-state index contributed by atoms with van der Waals surface area (Å²) in [4.78, 5) is 6.59. The molecule has 2 atom stereocenters. The van der Waals surface area contributed by atoms with Gasteiger partial charge < -0.3 is 22.2 Å². The minimum atomic E-state index is -4.44. The Bertz CT molecular complexity index is 1320. The molecule has 2 unspecified atom stereocenters. The maximum absolute atomic E-state index is 12.9. The number of anilines is 1. The highest BCUT2D eigenvalue weighted by atomic mass is 32.2. The Morgan fingerprint density at radius 3 is 2.62 bits per heavy atom. The highest BCUT2D eigenvalue weighted by molar-refractivity contribution is 7.90. The third kappa shape index (κ3) is 4.72. The smallest absolute Gasteiger partial charge is 0.240 e. The lowest BCUT2D eigenvalue weighted by Crippen LogP contribution is -2.33. The Kier molecular flexibility index (Phi) is 6.77. The van der Waals surface area contributed by atoms with Crippen molar-refractivity contribution in [2.75, 3.05) is 12.3 Å². The largest absolute Gasteiger partial charge is 0.382 e. The van der Waals surface area contributed by atoms with Crippen LogP contribution in [0.15, 0.2) is 45.2 Å². The van der Waals surface area contributed by atoms with Gasteiger partial charge in [-0.15, -0.1) is 5.10 Å². The number of H-pyrrole nitrogens is 1. The summed E-state index contributed by atoms with van der Waals surface area (Å²) in [5.74, 6) is 5.15. The van der Waals surface area contributed by atoms with Crippen LogP contribution in [0.2, 0.25) is 0 Å². The lowest BCUT2D eigenvalue weighted by molar-refractivity contribution is 0.594. The van der Waals surface area contributed by atoms with Crippen LogP contribution >= 0.6 is 0 Å². The van der Waals surface area contributed by atoms with E-state index < -0.39 is 25.9 Å². The van der Waals surface area contributed by atoms with E-state index >= 15 is 0 Å². The molecule has 0 radical (unpaired) electrons. The number of sulfonamides is 1. The number of rotatable bonds is 8. The quantitative estimate of drug-likeness (QED) is 0.0807. The first-order valence-electron chi connectivity index (χ1n) is 9.19. The Morgan fingerprint density at radius 1 is 1.28 bits per heavy atom. The summed E-state index contributed by atoms with van der Waals surface area (Å²) in [5.41, 5.74) is 21.4. The fraction of sp³-hybridized carbons (Fsp3) is 0.176. The molecule has 0 spiro atoms.